The SMILES string of the molecule is CCC1NCC(=O)N(Cc2ccccn2)C1=O. The number of piperazine rings is 1. The van der Waals surface area contributed by atoms with Gasteiger partial charge >= 0.3 is 0 Å². The van der Waals surface area contributed by atoms with E-state index in [1.807, 2.05) is 19.1 Å². The Labute approximate surface area is 99.8 Å². The van der Waals surface area contributed by atoms with Gasteiger partial charge in [-0.2, -0.15) is 0 Å². The number of aromatic nitrogens is 1. The summed E-state index contributed by atoms with van der Waals surface area (Å²) in [4.78, 5) is 29.1. The van der Waals surface area contributed by atoms with Crippen molar-refractivity contribution >= 4 is 11.8 Å². The van der Waals surface area contributed by atoms with Crippen molar-refractivity contribution < 1.29 is 9.59 Å². The van der Waals surface area contributed by atoms with Gasteiger partial charge in [0.25, 0.3) is 0 Å². The van der Waals surface area contributed by atoms with Crippen LogP contribution in [0.2, 0.25) is 0 Å². The molecule has 2 rings (SSSR count). The summed E-state index contributed by atoms with van der Waals surface area (Å²) in [5, 5.41) is 2.92. The fourth-order valence-electron chi connectivity index (χ4n) is 1.84. The third-order valence-corrected chi connectivity index (χ3v) is 2.82. The molecule has 2 amide bonds. The molecule has 1 aromatic rings. The van der Waals surface area contributed by atoms with E-state index in [4.69, 9.17) is 0 Å². The maximum absolute atomic E-state index is 12.0. The summed E-state index contributed by atoms with van der Waals surface area (Å²) in [6.45, 7) is 2.40. The van der Waals surface area contributed by atoms with Crippen molar-refractivity contribution in [1.82, 2.24) is 15.2 Å². The Morgan fingerprint density at radius 1 is 1.47 bits per heavy atom. The Morgan fingerprint density at radius 2 is 2.29 bits per heavy atom. The van der Waals surface area contributed by atoms with Gasteiger partial charge in [0.2, 0.25) is 11.8 Å². The Bertz CT molecular complexity index is 419. The molecule has 1 saturated heterocycles. The van der Waals surface area contributed by atoms with Gasteiger partial charge in [0.1, 0.15) is 0 Å². The number of nitrogens with zero attached hydrogens (tertiary/aromatic N) is 2. The van der Waals surface area contributed by atoms with Crippen molar-refractivity contribution in [2.24, 2.45) is 0 Å². The topological polar surface area (TPSA) is 62.3 Å². The van der Waals surface area contributed by atoms with E-state index in [1.54, 1.807) is 12.3 Å². The summed E-state index contributed by atoms with van der Waals surface area (Å²) in [6, 6.07) is 5.21. The summed E-state index contributed by atoms with van der Waals surface area (Å²) in [7, 11) is 0. The molecule has 1 aliphatic rings. The summed E-state index contributed by atoms with van der Waals surface area (Å²) < 4.78 is 0. The molecule has 1 aliphatic heterocycles. The van der Waals surface area contributed by atoms with Crippen molar-refractivity contribution in [3.8, 4) is 0 Å². The van der Waals surface area contributed by atoms with Crippen LogP contribution in [0.15, 0.2) is 24.4 Å². The minimum atomic E-state index is -0.253. The molecule has 0 bridgehead atoms. The maximum atomic E-state index is 12.0. The fraction of sp³-hybridized carbons (Fsp3) is 0.417. The largest absolute Gasteiger partial charge is 0.297 e. The van der Waals surface area contributed by atoms with Crippen molar-refractivity contribution in [2.75, 3.05) is 6.54 Å². The first-order valence-corrected chi connectivity index (χ1v) is 5.70. The smallest absolute Gasteiger partial charge is 0.246 e. The maximum Gasteiger partial charge on any atom is 0.246 e. The Balaban J connectivity index is 2.13. The molecule has 1 N–H and O–H groups in total. The molecular weight excluding hydrogens is 218 g/mol. The summed E-state index contributed by atoms with van der Waals surface area (Å²) in [6.07, 6.45) is 2.34. The van der Waals surface area contributed by atoms with Crippen LogP contribution in [-0.4, -0.2) is 34.3 Å². The van der Waals surface area contributed by atoms with Crippen molar-refractivity contribution in [3.05, 3.63) is 30.1 Å². The Kier molecular flexibility index (Phi) is 3.49. The first-order valence-electron chi connectivity index (χ1n) is 5.70. The summed E-state index contributed by atoms with van der Waals surface area (Å²) in [5.74, 6) is -0.347. The second-order valence-corrected chi connectivity index (χ2v) is 3.98. The molecule has 1 unspecified atom stereocenters. The predicted molar refractivity (Wildman–Crippen MR) is 61.9 cm³/mol. The van der Waals surface area contributed by atoms with Gasteiger partial charge in [-0.3, -0.25) is 24.8 Å². The van der Waals surface area contributed by atoms with Gasteiger partial charge in [0.05, 0.1) is 24.8 Å². The van der Waals surface area contributed by atoms with E-state index in [0.717, 1.165) is 5.69 Å². The third-order valence-electron chi connectivity index (χ3n) is 2.82. The molecule has 17 heavy (non-hydrogen) atoms. The first kappa shape index (κ1) is 11.7. The zero-order valence-electron chi connectivity index (χ0n) is 9.72. The van der Waals surface area contributed by atoms with Crippen LogP contribution in [0.1, 0.15) is 19.0 Å². The second-order valence-electron chi connectivity index (χ2n) is 3.98. The van der Waals surface area contributed by atoms with Gasteiger partial charge in [0.15, 0.2) is 0 Å². The van der Waals surface area contributed by atoms with Gasteiger partial charge in [-0.05, 0) is 18.6 Å². The lowest BCUT2D eigenvalue weighted by atomic mass is 10.1. The molecule has 90 valence electrons. The quantitative estimate of drug-likeness (QED) is 0.764. The molecule has 0 aliphatic carbocycles. The highest BCUT2D eigenvalue weighted by Gasteiger charge is 2.32. The highest BCUT2D eigenvalue weighted by atomic mass is 16.2. The normalized spacial score (nSPS) is 20.8. The van der Waals surface area contributed by atoms with Crippen molar-refractivity contribution in [1.29, 1.82) is 0 Å². The van der Waals surface area contributed by atoms with Crippen LogP contribution in [0, 0.1) is 0 Å². The van der Waals surface area contributed by atoms with Crippen LogP contribution >= 0.6 is 0 Å². The number of imide groups is 1. The van der Waals surface area contributed by atoms with Gasteiger partial charge in [-0.25, -0.2) is 0 Å². The number of pyridine rings is 1. The van der Waals surface area contributed by atoms with E-state index >= 15 is 0 Å². The number of amides is 2. The van der Waals surface area contributed by atoms with E-state index in [0.29, 0.717) is 6.42 Å². The second kappa shape index (κ2) is 5.05. The zero-order valence-corrected chi connectivity index (χ0v) is 9.72. The Hall–Kier alpha value is -1.75. The van der Waals surface area contributed by atoms with Crippen LogP contribution in [0.3, 0.4) is 0 Å². The number of hydrogen-bond acceptors (Lipinski definition) is 4. The van der Waals surface area contributed by atoms with E-state index in [2.05, 4.69) is 10.3 Å². The van der Waals surface area contributed by atoms with Crippen LogP contribution in [0.25, 0.3) is 0 Å². The van der Waals surface area contributed by atoms with Crippen LogP contribution in [-0.2, 0) is 16.1 Å². The van der Waals surface area contributed by atoms with Crippen LogP contribution in [0.4, 0.5) is 0 Å². The molecule has 2 heterocycles. The lowest BCUT2D eigenvalue weighted by molar-refractivity contribution is -0.150. The van der Waals surface area contributed by atoms with Crippen molar-refractivity contribution in [2.45, 2.75) is 25.9 Å². The van der Waals surface area contributed by atoms with Gasteiger partial charge in [0, 0.05) is 6.20 Å². The molecule has 0 aromatic carbocycles. The molecule has 1 aromatic heterocycles. The van der Waals surface area contributed by atoms with E-state index in [1.165, 1.54) is 4.90 Å². The third kappa shape index (κ3) is 2.50. The van der Waals surface area contributed by atoms with E-state index in [9.17, 15) is 9.59 Å². The fourth-order valence-corrected chi connectivity index (χ4v) is 1.84. The minimum Gasteiger partial charge on any atom is -0.297 e. The number of rotatable bonds is 3. The molecule has 1 atom stereocenters. The molecule has 5 nitrogen and oxygen atoms in total. The lowest BCUT2D eigenvalue weighted by Crippen LogP contribution is -2.57. The molecule has 5 heteroatoms. The van der Waals surface area contributed by atoms with E-state index in [-0.39, 0.29) is 30.9 Å². The number of hydrogen-bond donors (Lipinski definition) is 1. The van der Waals surface area contributed by atoms with Gasteiger partial charge in [-0.15, -0.1) is 0 Å². The van der Waals surface area contributed by atoms with Crippen LogP contribution in [0.5, 0.6) is 0 Å². The minimum absolute atomic E-state index is 0.158. The van der Waals surface area contributed by atoms with Gasteiger partial charge in [-0.1, -0.05) is 13.0 Å². The number of carbonyl (C=O) groups excluding carboxylic acids is 2. The Morgan fingerprint density at radius 3 is 2.94 bits per heavy atom. The lowest BCUT2D eigenvalue weighted by Gasteiger charge is -2.30. The predicted octanol–water partition coefficient (Wildman–Crippen LogP) is 0.319. The molecular formula is C12H15N3O2. The monoisotopic (exact) mass is 233 g/mol. The standard InChI is InChI=1S/C12H15N3O2/c1-2-10-12(17)15(11(16)7-14-10)8-9-5-3-4-6-13-9/h3-6,10,14H,2,7-8H2,1H3. The summed E-state index contributed by atoms with van der Waals surface area (Å²) >= 11 is 0. The average molecular weight is 233 g/mol. The highest BCUT2D eigenvalue weighted by molar-refractivity contribution is 6.01. The number of nitrogens with one attached hydrogen (secondary N) is 1. The van der Waals surface area contributed by atoms with Crippen molar-refractivity contribution in [3.63, 3.8) is 0 Å². The number of carbonyl (C=O) groups is 2. The van der Waals surface area contributed by atoms with Gasteiger partial charge < -0.3 is 0 Å². The first-order chi connectivity index (χ1) is 8.22. The summed E-state index contributed by atoms with van der Waals surface area (Å²) in [5.41, 5.74) is 0.728. The van der Waals surface area contributed by atoms with E-state index < -0.39 is 0 Å². The molecule has 1 fully saturated rings. The molecule has 0 saturated carbocycles. The highest BCUT2D eigenvalue weighted by Crippen LogP contribution is 2.09. The zero-order chi connectivity index (χ0) is 12.3. The average Bonchev–Trinajstić information content (AvgIpc) is 2.36. The molecule has 0 radical (unpaired) electrons. The molecule has 0 spiro atoms. The van der Waals surface area contributed by atoms with Crippen LogP contribution < -0.4 is 5.32 Å².